The highest BCUT2D eigenvalue weighted by Crippen LogP contribution is 2.33. The van der Waals surface area contributed by atoms with Gasteiger partial charge < -0.3 is 4.74 Å². The Kier molecular flexibility index (Phi) is 5.37. The van der Waals surface area contributed by atoms with E-state index in [9.17, 15) is 0 Å². The van der Waals surface area contributed by atoms with Crippen LogP contribution in [0, 0.1) is 24.5 Å². The fraction of sp³-hybridized carbons (Fsp3) is 0.500. The van der Waals surface area contributed by atoms with Gasteiger partial charge in [0.2, 0.25) is 0 Å². The number of ether oxygens (including phenoxy) is 1. The normalized spacial score (nSPS) is 11.9. The Balaban J connectivity index is 2.91. The van der Waals surface area contributed by atoms with Gasteiger partial charge in [-0.15, -0.1) is 0 Å². The first kappa shape index (κ1) is 13.9. The number of hydrogen-bond acceptors (Lipinski definition) is 3. The molecule has 3 heteroatoms. The molecule has 1 rings (SSSR count). The summed E-state index contributed by atoms with van der Waals surface area (Å²) in [7, 11) is 1.72. The standard InChI is InChI=1S/C14H19NOS/c1-10-7-12(3)14(16-4)13(8-10)11(2)5-6-17-9-15/h7-8,11H,5-6H2,1-4H3. The highest BCUT2D eigenvalue weighted by atomic mass is 32.2. The third-order valence-corrected chi connectivity index (χ3v) is 3.47. The molecular formula is C14H19NOS. The van der Waals surface area contributed by atoms with Crippen LogP contribution in [0.4, 0.5) is 0 Å². The van der Waals surface area contributed by atoms with Gasteiger partial charge in [-0.05, 0) is 49.1 Å². The van der Waals surface area contributed by atoms with Crippen LogP contribution in [0.25, 0.3) is 0 Å². The molecule has 1 atom stereocenters. The second kappa shape index (κ2) is 6.56. The predicted octanol–water partition coefficient (Wildman–Crippen LogP) is 4.02. The summed E-state index contributed by atoms with van der Waals surface area (Å²) in [6.45, 7) is 6.37. The van der Waals surface area contributed by atoms with Crippen molar-refractivity contribution in [2.45, 2.75) is 33.1 Å². The van der Waals surface area contributed by atoms with Gasteiger partial charge in [-0.3, -0.25) is 0 Å². The molecule has 0 radical (unpaired) electrons. The molecule has 0 fully saturated rings. The Hall–Kier alpha value is -1.14. The minimum atomic E-state index is 0.421. The zero-order valence-corrected chi connectivity index (χ0v) is 11.7. The summed E-state index contributed by atoms with van der Waals surface area (Å²) in [4.78, 5) is 0. The van der Waals surface area contributed by atoms with Crippen molar-refractivity contribution in [2.75, 3.05) is 12.9 Å². The van der Waals surface area contributed by atoms with E-state index in [1.165, 1.54) is 28.5 Å². The van der Waals surface area contributed by atoms with Crippen molar-refractivity contribution in [3.05, 3.63) is 28.8 Å². The minimum absolute atomic E-state index is 0.421. The van der Waals surface area contributed by atoms with Crippen molar-refractivity contribution in [1.29, 1.82) is 5.26 Å². The molecule has 0 spiro atoms. The first-order valence-corrected chi connectivity index (χ1v) is 6.74. The smallest absolute Gasteiger partial charge is 0.133 e. The Morgan fingerprint density at radius 1 is 1.41 bits per heavy atom. The zero-order chi connectivity index (χ0) is 12.8. The van der Waals surface area contributed by atoms with E-state index in [0.29, 0.717) is 5.92 Å². The maximum Gasteiger partial charge on any atom is 0.133 e. The maximum absolute atomic E-state index is 8.53. The topological polar surface area (TPSA) is 33.0 Å². The van der Waals surface area contributed by atoms with Gasteiger partial charge in [0, 0.05) is 5.75 Å². The Morgan fingerprint density at radius 3 is 2.71 bits per heavy atom. The molecule has 1 aromatic carbocycles. The summed E-state index contributed by atoms with van der Waals surface area (Å²) in [5.41, 5.74) is 3.70. The number of nitriles is 1. The van der Waals surface area contributed by atoms with Crippen molar-refractivity contribution >= 4 is 11.8 Å². The lowest BCUT2D eigenvalue weighted by Gasteiger charge is -2.18. The summed E-state index contributed by atoms with van der Waals surface area (Å²) in [5, 5.41) is 10.6. The maximum atomic E-state index is 8.53. The number of rotatable bonds is 5. The van der Waals surface area contributed by atoms with Gasteiger partial charge in [0.05, 0.1) is 7.11 Å². The average Bonchev–Trinajstić information content (AvgIpc) is 2.28. The van der Waals surface area contributed by atoms with E-state index in [1.807, 2.05) is 0 Å². The molecule has 0 amide bonds. The molecule has 0 N–H and O–H groups in total. The van der Waals surface area contributed by atoms with Crippen LogP contribution in [0.1, 0.15) is 36.0 Å². The van der Waals surface area contributed by atoms with Crippen molar-refractivity contribution in [1.82, 2.24) is 0 Å². The Bertz CT molecular complexity index is 423. The number of benzene rings is 1. The number of aryl methyl sites for hydroxylation is 2. The van der Waals surface area contributed by atoms with Crippen LogP contribution >= 0.6 is 11.8 Å². The third kappa shape index (κ3) is 3.67. The SMILES string of the molecule is COc1c(C)cc(C)cc1C(C)CCSC#N. The summed E-state index contributed by atoms with van der Waals surface area (Å²) >= 11 is 1.32. The Morgan fingerprint density at radius 2 is 2.12 bits per heavy atom. The first-order chi connectivity index (χ1) is 8.10. The molecule has 0 bridgehead atoms. The first-order valence-electron chi connectivity index (χ1n) is 5.76. The summed E-state index contributed by atoms with van der Waals surface area (Å²) < 4.78 is 5.49. The number of nitrogens with zero attached hydrogens (tertiary/aromatic N) is 1. The van der Waals surface area contributed by atoms with E-state index < -0.39 is 0 Å². The summed E-state index contributed by atoms with van der Waals surface area (Å²) in [6, 6.07) is 4.33. The van der Waals surface area contributed by atoms with Gasteiger partial charge in [-0.2, -0.15) is 5.26 Å². The van der Waals surface area contributed by atoms with Crippen LogP contribution in [0.2, 0.25) is 0 Å². The van der Waals surface area contributed by atoms with Crippen LogP contribution in [-0.2, 0) is 0 Å². The highest BCUT2D eigenvalue weighted by molar-refractivity contribution is 8.03. The fourth-order valence-electron chi connectivity index (χ4n) is 2.07. The van der Waals surface area contributed by atoms with Crippen molar-refractivity contribution in [2.24, 2.45) is 0 Å². The zero-order valence-electron chi connectivity index (χ0n) is 10.9. The van der Waals surface area contributed by atoms with Crippen LogP contribution in [0.15, 0.2) is 12.1 Å². The highest BCUT2D eigenvalue weighted by Gasteiger charge is 2.14. The second-order valence-electron chi connectivity index (χ2n) is 4.33. The molecule has 0 aromatic heterocycles. The molecule has 0 saturated heterocycles. The molecule has 92 valence electrons. The van der Waals surface area contributed by atoms with E-state index in [-0.39, 0.29) is 0 Å². The molecule has 2 nitrogen and oxygen atoms in total. The minimum Gasteiger partial charge on any atom is -0.496 e. The van der Waals surface area contributed by atoms with E-state index in [2.05, 4.69) is 38.3 Å². The van der Waals surface area contributed by atoms with Crippen LogP contribution < -0.4 is 4.74 Å². The van der Waals surface area contributed by atoms with Gasteiger partial charge in [0.1, 0.15) is 11.2 Å². The third-order valence-electron chi connectivity index (χ3n) is 2.90. The number of thiocyanates is 1. The molecule has 0 aliphatic rings. The van der Waals surface area contributed by atoms with Gasteiger partial charge in [0.25, 0.3) is 0 Å². The quantitative estimate of drug-likeness (QED) is 0.583. The molecule has 0 aliphatic carbocycles. The lowest BCUT2D eigenvalue weighted by atomic mass is 9.94. The predicted molar refractivity (Wildman–Crippen MR) is 73.6 cm³/mol. The number of methoxy groups -OCH3 is 1. The van der Waals surface area contributed by atoms with Gasteiger partial charge in [0.15, 0.2) is 0 Å². The van der Waals surface area contributed by atoms with Gasteiger partial charge in [-0.25, -0.2) is 0 Å². The fourth-order valence-corrected chi connectivity index (χ4v) is 2.63. The van der Waals surface area contributed by atoms with E-state index in [1.54, 1.807) is 7.11 Å². The van der Waals surface area contributed by atoms with Crippen molar-refractivity contribution in [3.8, 4) is 11.2 Å². The molecule has 17 heavy (non-hydrogen) atoms. The lowest BCUT2D eigenvalue weighted by molar-refractivity contribution is 0.403. The van der Waals surface area contributed by atoms with E-state index in [4.69, 9.17) is 10.00 Å². The van der Waals surface area contributed by atoms with Crippen molar-refractivity contribution in [3.63, 3.8) is 0 Å². The summed E-state index contributed by atoms with van der Waals surface area (Å²) in [5.74, 6) is 2.28. The van der Waals surface area contributed by atoms with Gasteiger partial charge >= 0.3 is 0 Å². The van der Waals surface area contributed by atoms with E-state index >= 15 is 0 Å². The largest absolute Gasteiger partial charge is 0.496 e. The van der Waals surface area contributed by atoms with Crippen LogP contribution in [0.5, 0.6) is 5.75 Å². The van der Waals surface area contributed by atoms with Crippen LogP contribution in [0.3, 0.4) is 0 Å². The van der Waals surface area contributed by atoms with Crippen molar-refractivity contribution < 1.29 is 4.74 Å². The number of hydrogen-bond donors (Lipinski definition) is 0. The average molecular weight is 249 g/mol. The van der Waals surface area contributed by atoms with Gasteiger partial charge in [-0.1, -0.05) is 24.6 Å². The molecule has 0 saturated carbocycles. The Labute approximate surface area is 108 Å². The second-order valence-corrected chi connectivity index (χ2v) is 5.21. The lowest BCUT2D eigenvalue weighted by Crippen LogP contribution is -2.01. The van der Waals surface area contributed by atoms with E-state index in [0.717, 1.165) is 17.9 Å². The summed E-state index contributed by atoms with van der Waals surface area (Å²) in [6.07, 6.45) is 0.998. The van der Waals surface area contributed by atoms with Crippen LogP contribution in [-0.4, -0.2) is 12.9 Å². The molecule has 1 aromatic rings. The monoisotopic (exact) mass is 249 g/mol. The number of thioether (sulfide) groups is 1. The molecule has 1 unspecified atom stereocenters. The molecule has 0 aliphatic heterocycles. The molecule has 0 heterocycles. The molecular weight excluding hydrogens is 230 g/mol.